The molecule has 1 atom stereocenters. The zero-order valence-corrected chi connectivity index (χ0v) is 13.5. The van der Waals surface area contributed by atoms with E-state index in [0.717, 1.165) is 19.5 Å². The van der Waals surface area contributed by atoms with Gasteiger partial charge in [0.05, 0.1) is 0 Å². The minimum Gasteiger partial charge on any atom is -0.354 e. The molecule has 0 aliphatic rings. The number of hydrogen-bond acceptors (Lipinski definition) is 2. The molecule has 4 nitrogen and oxygen atoms in total. The molecule has 0 aliphatic carbocycles. The first-order chi connectivity index (χ1) is 10.2. The van der Waals surface area contributed by atoms with E-state index in [1.165, 1.54) is 30.5 Å². The van der Waals surface area contributed by atoms with E-state index >= 15 is 0 Å². The third-order valence-electron chi connectivity index (χ3n) is 3.94. The van der Waals surface area contributed by atoms with Crippen molar-refractivity contribution in [3.8, 4) is 0 Å². The Morgan fingerprint density at radius 1 is 1.24 bits per heavy atom. The maximum absolute atomic E-state index is 4.22. The fourth-order valence-corrected chi connectivity index (χ4v) is 2.69. The molecule has 0 spiro atoms. The molecular weight excluding hydrogens is 260 g/mol. The van der Waals surface area contributed by atoms with Gasteiger partial charge in [-0.25, -0.2) is 0 Å². The molecule has 2 aromatic heterocycles. The van der Waals surface area contributed by atoms with Crippen molar-refractivity contribution in [1.82, 2.24) is 19.7 Å². The quantitative estimate of drug-likeness (QED) is 0.768. The Balaban J connectivity index is 1.94. The second kappa shape index (κ2) is 8.03. The van der Waals surface area contributed by atoms with E-state index in [0.29, 0.717) is 6.04 Å². The number of nitrogens with one attached hydrogen (secondary N) is 1. The zero-order chi connectivity index (χ0) is 15.1. The average molecular weight is 288 g/mol. The molecule has 0 saturated heterocycles. The fraction of sp³-hybridized carbons (Fsp3) is 0.588. The minimum atomic E-state index is 0.493. The van der Waals surface area contributed by atoms with E-state index < -0.39 is 0 Å². The van der Waals surface area contributed by atoms with Crippen molar-refractivity contribution in [2.45, 2.75) is 52.1 Å². The Kier molecular flexibility index (Phi) is 6.05. The molecule has 0 bridgehead atoms. The molecule has 21 heavy (non-hydrogen) atoms. The second-order valence-corrected chi connectivity index (χ2v) is 5.67. The Morgan fingerprint density at radius 3 is 2.76 bits per heavy atom. The maximum Gasteiger partial charge on any atom is 0.0492 e. The summed E-state index contributed by atoms with van der Waals surface area (Å²) in [6, 6.07) is 4.84. The van der Waals surface area contributed by atoms with E-state index in [1.54, 1.807) is 0 Å². The first-order valence-electron chi connectivity index (χ1n) is 8.10. The third-order valence-corrected chi connectivity index (χ3v) is 3.94. The first-order valence-corrected chi connectivity index (χ1v) is 8.10. The number of nitrogens with zero attached hydrogens (tertiary/aromatic N) is 3. The molecule has 2 rings (SSSR count). The SMILES string of the molecule is CCCNC(CCC)c1ccn(CCc2ccnn2C)c1. The van der Waals surface area contributed by atoms with Crippen LogP contribution in [0.5, 0.6) is 0 Å². The van der Waals surface area contributed by atoms with Crippen LogP contribution in [0.3, 0.4) is 0 Å². The van der Waals surface area contributed by atoms with Crippen molar-refractivity contribution in [3.63, 3.8) is 0 Å². The van der Waals surface area contributed by atoms with E-state index in [1.807, 2.05) is 17.9 Å². The van der Waals surface area contributed by atoms with Crippen molar-refractivity contribution in [2.75, 3.05) is 6.54 Å². The largest absolute Gasteiger partial charge is 0.354 e. The summed E-state index contributed by atoms with van der Waals surface area (Å²) in [4.78, 5) is 0. The van der Waals surface area contributed by atoms with Gasteiger partial charge in [-0.1, -0.05) is 20.3 Å². The number of rotatable bonds is 9. The topological polar surface area (TPSA) is 34.8 Å². The number of hydrogen-bond donors (Lipinski definition) is 1. The maximum atomic E-state index is 4.22. The molecule has 2 aromatic rings. The normalized spacial score (nSPS) is 12.7. The summed E-state index contributed by atoms with van der Waals surface area (Å²) >= 11 is 0. The lowest BCUT2D eigenvalue weighted by atomic mass is 10.1. The molecule has 0 saturated carbocycles. The molecule has 1 unspecified atom stereocenters. The Hall–Kier alpha value is -1.55. The van der Waals surface area contributed by atoms with E-state index in [2.05, 4.69) is 53.4 Å². The standard InChI is InChI=1S/C17H28N4/c1-4-6-17(18-10-5-2)15-8-12-21(14-15)13-9-16-7-11-19-20(16)3/h7-8,11-12,14,17-18H,4-6,9-10,13H2,1-3H3. The Bertz CT molecular complexity index is 526. The smallest absolute Gasteiger partial charge is 0.0492 e. The molecule has 0 aliphatic heterocycles. The van der Waals surface area contributed by atoms with Crippen molar-refractivity contribution >= 4 is 0 Å². The van der Waals surface area contributed by atoms with Crippen LogP contribution >= 0.6 is 0 Å². The minimum absolute atomic E-state index is 0.493. The highest BCUT2D eigenvalue weighted by atomic mass is 15.3. The predicted molar refractivity (Wildman–Crippen MR) is 87.3 cm³/mol. The summed E-state index contributed by atoms with van der Waals surface area (Å²) in [5.74, 6) is 0. The Morgan fingerprint density at radius 2 is 2.10 bits per heavy atom. The van der Waals surface area contributed by atoms with E-state index in [9.17, 15) is 0 Å². The molecule has 116 valence electrons. The van der Waals surface area contributed by atoms with Crippen LogP contribution in [0.2, 0.25) is 0 Å². The first kappa shape index (κ1) is 15.8. The monoisotopic (exact) mass is 288 g/mol. The number of aromatic nitrogens is 3. The second-order valence-electron chi connectivity index (χ2n) is 5.67. The third kappa shape index (κ3) is 4.46. The summed E-state index contributed by atoms with van der Waals surface area (Å²) in [7, 11) is 2.00. The van der Waals surface area contributed by atoms with Crippen molar-refractivity contribution in [2.24, 2.45) is 7.05 Å². The lowest BCUT2D eigenvalue weighted by Crippen LogP contribution is -2.21. The lowest BCUT2D eigenvalue weighted by Gasteiger charge is -2.16. The van der Waals surface area contributed by atoms with Crippen LogP contribution in [0.4, 0.5) is 0 Å². The average Bonchev–Trinajstić information content (AvgIpc) is 3.10. The highest BCUT2D eigenvalue weighted by Crippen LogP contribution is 2.19. The number of aryl methyl sites for hydroxylation is 3. The van der Waals surface area contributed by atoms with Crippen LogP contribution in [0.1, 0.15) is 50.4 Å². The molecule has 4 heteroatoms. The highest BCUT2D eigenvalue weighted by molar-refractivity contribution is 5.15. The predicted octanol–water partition coefficient (Wildman–Crippen LogP) is 3.31. The van der Waals surface area contributed by atoms with Crippen LogP contribution in [0.25, 0.3) is 0 Å². The molecule has 0 aromatic carbocycles. The van der Waals surface area contributed by atoms with Crippen molar-refractivity contribution < 1.29 is 0 Å². The van der Waals surface area contributed by atoms with Gasteiger partial charge in [-0.2, -0.15) is 5.10 Å². The van der Waals surface area contributed by atoms with Gasteiger partial charge in [0.25, 0.3) is 0 Å². The summed E-state index contributed by atoms with van der Waals surface area (Å²) in [5.41, 5.74) is 2.69. The summed E-state index contributed by atoms with van der Waals surface area (Å²) in [6.07, 6.45) is 11.0. The van der Waals surface area contributed by atoms with Gasteiger partial charge >= 0.3 is 0 Å². The van der Waals surface area contributed by atoms with Crippen molar-refractivity contribution in [1.29, 1.82) is 0 Å². The fourth-order valence-electron chi connectivity index (χ4n) is 2.69. The highest BCUT2D eigenvalue weighted by Gasteiger charge is 2.11. The molecule has 1 N–H and O–H groups in total. The lowest BCUT2D eigenvalue weighted by molar-refractivity contribution is 0.493. The van der Waals surface area contributed by atoms with Gasteiger partial charge in [0.2, 0.25) is 0 Å². The van der Waals surface area contributed by atoms with Crippen LogP contribution in [-0.2, 0) is 20.0 Å². The van der Waals surface area contributed by atoms with Crippen LogP contribution in [-0.4, -0.2) is 20.9 Å². The molecular formula is C17H28N4. The van der Waals surface area contributed by atoms with Crippen LogP contribution in [0, 0.1) is 0 Å². The van der Waals surface area contributed by atoms with Crippen LogP contribution in [0.15, 0.2) is 30.7 Å². The van der Waals surface area contributed by atoms with Crippen molar-refractivity contribution in [3.05, 3.63) is 42.0 Å². The van der Waals surface area contributed by atoms with E-state index in [4.69, 9.17) is 0 Å². The molecule has 0 amide bonds. The summed E-state index contributed by atoms with van der Waals surface area (Å²) < 4.78 is 4.24. The van der Waals surface area contributed by atoms with Gasteiger partial charge in [0.1, 0.15) is 0 Å². The Labute approximate surface area is 128 Å². The van der Waals surface area contributed by atoms with Gasteiger partial charge < -0.3 is 9.88 Å². The summed E-state index contributed by atoms with van der Waals surface area (Å²) in [5, 5.41) is 7.87. The molecule has 2 heterocycles. The van der Waals surface area contributed by atoms with Gasteiger partial charge in [-0.15, -0.1) is 0 Å². The van der Waals surface area contributed by atoms with E-state index in [-0.39, 0.29) is 0 Å². The van der Waals surface area contributed by atoms with Gasteiger partial charge in [-0.05, 0) is 37.1 Å². The summed E-state index contributed by atoms with van der Waals surface area (Å²) in [6.45, 7) is 6.56. The molecule has 0 radical (unpaired) electrons. The van der Waals surface area contributed by atoms with Gasteiger partial charge in [0.15, 0.2) is 0 Å². The van der Waals surface area contributed by atoms with Crippen LogP contribution < -0.4 is 5.32 Å². The molecule has 0 fully saturated rings. The van der Waals surface area contributed by atoms with Gasteiger partial charge in [-0.3, -0.25) is 4.68 Å². The zero-order valence-electron chi connectivity index (χ0n) is 13.5. The van der Waals surface area contributed by atoms with Gasteiger partial charge in [0, 0.05) is 50.3 Å².